The molecule has 1 aromatic carbocycles. The van der Waals surface area contributed by atoms with Gasteiger partial charge in [0.15, 0.2) is 17.8 Å². The highest BCUT2D eigenvalue weighted by Gasteiger charge is 2.43. The zero-order valence-electron chi connectivity index (χ0n) is 15.4. The molecule has 5 atom stereocenters. The molecule has 1 aromatic rings. The summed E-state index contributed by atoms with van der Waals surface area (Å²) in [4.78, 5) is 0. The number of rotatable bonds is 8. The Balaban J connectivity index is 2.03. The number of benzene rings is 1. The highest BCUT2D eigenvalue weighted by molar-refractivity contribution is 5.66. The molecular weight excluding hydrogens is 360 g/mol. The molecular formula is C18H26O9. The average Bonchev–Trinajstić information content (AvgIpc) is 2.69. The minimum atomic E-state index is -1.48. The minimum absolute atomic E-state index is 0.0419. The van der Waals surface area contributed by atoms with E-state index >= 15 is 0 Å². The zero-order chi connectivity index (χ0) is 20.0. The van der Waals surface area contributed by atoms with Crippen LogP contribution < -0.4 is 14.2 Å². The Morgan fingerprint density at radius 2 is 1.67 bits per heavy atom. The third kappa shape index (κ3) is 4.70. The molecule has 4 N–H and O–H groups in total. The first-order valence-electron chi connectivity index (χ1n) is 8.36. The lowest BCUT2D eigenvalue weighted by molar-refractivity contribution is -0.298. The number of hydrogen-bond donors (Lipinski definition) is 4. The topological polar surface area (TPSA) is 127 Å². The molecule has 0 aromatic heterocycles. The number of aliphatic hydroxyl groups is 4. The number of hydrogen-bond acceptors (Lipinski definition) is 9. The van der Waals surface area contributed by atoms with E-state index in [1.165, 1.54) is 21.3 Å². The molecule has 0 aliphatic carbocycles. The van der Waals surface area contributed by atoms with E-state index in [9.17, 15) is 20.4 Å². The van der Waals surface area contributed by atoms with Crippen LogP contribution >= 0.6 is 0 Å². The van der Waals surface area contributed by atoms with Crippen LogP contribution in [0.4, 0.5) is 0 Å². The Labute approximate surface area is 157 Å². The van der Waals surface area contributed by atoms with Crippen molar-refractivity contribution in [2.45, 2.75) is 30.7 Å². The van der Waals surface area contributed by atoms with E-state index in [0.29, 0.717) is 22.8 Å². The normalized spacial score (nSPS) is 28.3. The van der Waals surface area contributed by atoms with Crippen LogP contribution in [0.3, 0.4) is 0 Å². The Morgan fingerprint density at radius 1 is 0.963 bits per heavy atom. The summed E-state index contributed by atoms with van der Waals surface area (Å²) in [7, 11) is 4.55. The largest absolute Gasteiger partial charge is 0.493 e. The van der Waals surface area contributed by atoms with Gasteiger partial charge in [0.1, 0.15) is 24.4 Å². The first kappa shape index (κ1) is 21.4. The standard InChI is InChI=1S/C18H26O9/c1-23-11-7-6-10(16(24-2)17(11)25-3)5-4-8-26-18-15(22)14(21)13(20)12(9-19)27-18/h4-7,12-15,18-22H,8-9H2,1-3H3/b5-4+/t12-,13-,14+,15-,18-/m1/s1. The molecule has 1 aliphatic heterocycles. The summed E-state index contributed by atoms with van der Waals surface area (Å²) in [6.45, 7) is -0.469. The molecule has 27 heavy (non-hydrogen) atoms. The van der Waals surface area contributed by atoms with Gasteiger partial charge in [0.05, 0.1) is 34.5 Å². The van der Waals surface area contributed by atoms with E-state index in [1.807, 2.05) is 0 Å². The maximum absolute atomic E-state index is 9.93. The highest BCUT2D eigenvalue weighted by atomic mass is 16.7. The molecule has 1 saturated heterocycles. The number of ether oxygens (including phenoxy) is 5. The van der Waals surface area contributed by atoms with Crippen molar-refractivity contribution in [3.8, 4) is 17.2 Å². The van der Waals surface area contributed by atoms with E-state index in [-0.39, 0.29) is 6.61 Å². The molecule has 0 unspecified atom stereocenters. The summed E-state index contributed by atoms with van der Waals surface area (Å²) in [5.74, 6) is 1.47. The average molecular weight is 386 g/mol. The highest BCUT2D eigenvalue weighted by Crippen LogP contribution is 2.40. The Bertz CT molecular complexity index is 632. The summed E-state index contributed by atoms with van der Waals surface area (Å²) in [5, 5.41) is 38.6. The van der Waals surface area contributed by atoms with Crippen molar-refractivity contribution in [2.75, 3.05) is 34.5 Å². The van der Waals surface area contributed by atoms with Gasteiger partial charge in [-0.15, -0.1) is 0 Å². The SMILES string of the molecule is COc1ccc(/C=C/CO[C@@H]2O[C@H](CO)[C@@H](O)[C@H](O)[C@H]2O)c(OC)c1OC. The van der Waals surface area contributed by atoms with Crippen LogP contribution in [0.2, 0.25) is 0 Å². The van der Waals surface area contributed by atoms with E-state index < -0.39 is 37.3 Å². The van der Waals surface area contributed by atoms with E-state index in [0.717, 1.165) is 0 Å². The van der Waals surface area contributed by atoms with Crippen molar-refractivity contribution < 1.29 is 44.1 Å². The minimum Gasteiger partial charge on any atom is -0.493 e. The van der Waals surface area contributed by atoms with Crippen molar-refractivity contribution >= 4 is 6.08 Å². The molecule has 0 radical (unpaired) electrons. The third-order valence-corrected chi connectivity index (χ3v) is 4.24. The second kappa shape index (κ2) is 9.88. The summed E-state index contributed by atoms with van der Waals surface area (Å²) < 4.78 is 26.6. The van der Waals surface area contributed by atoms with Crippen LogP contribution in [0.5, 0.6) is 17.2 Å². The molecule has 1 fully saturated rings. The van der Waals surface area contributed by atoms with Crippen molar-refractivity contribution in [3.05, 3.63) is 23.8 Å². The van der Waals surface area contributed by atoms with Crippen molar-refractivity contribution in [3.63, 3.8) is 0 Å². The van der Waals surface area contributed by atoms with Crippen LogP contribution in [0.1, 0.15) is 5.56 Å². The van der Waals surface area contributed by atoms with Gasteiger partial charge >= 0.3 is 0 Å². The fourth-order valence-corrected chi connectivity index (χ4v) is 2.79. The van der Waals surface area contributed by atoms with Gasteiger partial charge in [-0.2, -0.15) is 0 Å². The summed E-state index contributed by atoms with van der Waals surface area (Å²) in [5.41, 5.74) is 0.715. The Hall–Kier alpha value is -1.88. The first-order chi connectivity index (χ1) is 13.0. The zero-order valence-corrected chi connectivity index (χ0v) is 15.4. The lowest BCUT2D eigenvalue weighted by atomic mass is 9.99. The fraction of sp³-hybridized carbons (Fsp3) is 0.556. The van der Waals surface area contributed by atoms with Gasteiger partial charge in [-0.3, -0.25) is 0 Å². The summed E-state index contributed by atoms with van der Waals surface area (Å²) in [6.07, 6.45) is -3.14. The van der Waals surface area contributed by atoms with Gasteiger partial charge in [0, 0.05) is 5.56 Å². The van der Waals surface area contributed by atoms with Gasteiger partial charge in [-0.05, 0) is 12.1 Å². The second-order valence-corrected chi connectivity index (χ2v) is 5.86. The van der Waals surface area contributed by atoms with Crippen molar-refractivity contribution in [2.24, 2.45) is 0 Å². The molecule has 1 heterocycles. The maximum atomic E-state index is 9.93. The number of methoxy groups -OCH3 is 3. The molecule has 0 saturated carbocycles. The smallest absolute Gasteiger partial charge is 0.203 e. The quantitative estimate of drug-likeness (QED) is 0.469. The predicted octanol–water partition coefficient (Wildman–Crippen LogP) is -0.458. The molecule has 152 valence electrons. The van der Waals surface area contributed by atoms with Gasteiger partial charge < -0.3 is 44.1 Å². The van der Waals surface area contributed by atoms with Gasteiger partial charge in [-0.1, -0.05) is 12.2 Å². The first-order valence-corrected chi connectivity index (χ1v) is 8.36. The van der Waals surface area contributed by atoms with E-state index in [2.05, 4.69) is 0 Å². The van der Waals surface area contributed by atoms with E-state index in [1.54, 1.807) is 24.3 Å². The lowest BCUT2D eigenvalue weighted by Crippen LogP contribution is -2.59. The predicted molar refractivity (Wildman–Crippen MR) is 94.9 cm³/mol. The molecule has 0 spiro atoms. The third-order valence-electron chi connectivity index (χ3n) is 4.24. The molecule has 0 amide bonds. The van der Waals surface area contributed by atoms with Gasteiger partial charge in [0.25, 0.3) is 0 Å². The summed E-state index contributed by atoms with van der Waals surface area (Å²) >= 11 is 0. The second-order valence-electron chi connectivity index (χ2n) is 5.86. The summed E-state index contributed by atoms with van der Waals surface area (Å²) in [6, 6.07) is 3.52. The monoisotopic (exact) mass is 386 g/mol. The molecule has 9 nitrogen and oxygen atoms in total. The van der Waals surface area contributed by atoms with Crippen molar-refractivity contribution in [1.29, 1.82) is 0 Å². The Kier molecular flexibility index (Phi) is 7.84. The lowest BCUT2D eigenvalue weighted by Gasteiger charge is -2.39. The molecule has 2 rings (SSSR count). The molecule has 9 heteroatoms. The Morgan fingerprint density at radius 3 is 2.26 bits per heavy atom. The van der Waals surface area contributed by atoms with Gasteiger partial charge in [-0.25, -0.2) is 0 Å². The van der Waals surface area contributed by atoms with Crippen LogP contribution in [0, 0.1) is 0 Å². The van der Waals surface area contributed by atoms with Crippen LogP contribution in [-0.4, -0.2) is 85.7 Å². The fourth-order valence-electron chi connectivity index (χ4n) is 2.79. The molecule has 0 bridgehead atoms. The van der Waals surface area contributed by atoms with Crippen LogP contribution in [0.25, 0.3) is 6.08 Å². The maximum Gasteiger partial charge on any atom is 0.203 e. The molecule has 1 aliphatic rings. The van der Waals surface area contributed by atoms with Gasteiger partial charge in [0.2, 0.25) is 5.75 Å². The van der Waals surface area contributed by atoms with Crippen LogP contribution in [-0.2, 0) is 9.47 Å². The number of aliphatic hydroxyl groups excluding tert-OH is 4. The van der Waals surface area contributed by atoms with E-state index in [4.69, 9.17) is 23.7 Å². The van der Waals surface area contributed by atoms with Crippen LogP contribution in [0.15, 0.2) is 18.2 Å². The van der Waals surface area contributed by atoms with Crippen molar-refractivity contribution in [1.82, 2.24) is 0 Å².